The van der Waals surface area contributed by atoms with E-state index in [9.17, 15) is 13.2 Å². The molecule has 21 heavy (non-hydrogen) atoms. The van der Waals surface area contributed by atoms with Crippen LogP contribution in [0.1, 0.15) is 17.3 Å². The quantitative estimate of drug-likeness (QED) is 0.497. The van der Waals surface area contributed by atoms with Gasteiger partial charge in [-0.3, -0.25) is 9.35 Å². The van der Waals surface area contributed by atoms with E-state index in [-0.39, 0.29) is 52.0 Å². The van der Waals surface area contributed by atoms with Gasteiger partial charge in [0.2, 0.25) is 0 Å². The van der Waals surface area contributed by atoms with Crippen molar-refractivity contribution < 1.29 is 48.7 Å². The first kappa shape index (κ1) is 18.6. The van der Waals surface area contributed by atoms with Crippen LogP contribution in [-0.4, -0.2) is 18.8 Å². The zero-order valence-corrected chi connectivity index (χ0v) is 15.2. The third-order valence-electron chi connectivity index (χ3n) is 2.57. The Hall–Kier alpha value is -0.400. The molecule has 2 aromatic carbocycles. The second kappa shape index (κ2) is 7.24. The van der Waals surface area contributed by atoms with E-state index in [0.717, 1.165) is 6.07 Å². The molecule has 0 atom stereocenters. The molecule has 0 spiro atoms. The SMILES string of the molecule is O=C(c1cccc(S(=O)(=O)O)c1)c1cc(Cl)ccc1Cl.[H-].[Na+]. The summed E-state index contributed by atoms with van der Waals surface area (Å²) in [6, 6.07) is 9.45. The van der Waals surface area contributed by atoms with E-state index in [1.54, 1.807) is 0 Å². The molecule has 0 aromatic heterocycles. The van der Waals surface area contributed by atoms with Gasteiger partial charge in [-0.15, -0.1) is 0 Å². The van der Waals surface area contributed by atoms with Crippen LogP contribution in [0, 0.1) is 0 Å². The maximum absolute atomic E-state index is 12.3. The summed E-state index contributed by atoms with van der Waals surface area (Å²) in [6.45, 7) is 0. The summed E-state index contributed by atoms with van der Waals surface area (Å²) < 4.78 is 31.1. The third-order valence-corrected chi connectivity index (χ3v) is 3.98. The number of carbonyl (C=O) groups excluding carboxylic acids is 1. The van der Waals surface area contributed by atoms with Gasteiger partial charge >= 0.3 is 29.6 Å². The molecule has 4 nitrogen and oxygen atoms in total. The number of ketones is 1. The minimum absolute atomic E-state index is 0. The Kier molecular flexibility index (Phi) is 6.43. The van der Waals surface area contributed by atoms with E-state index in [0.29, 0.717) is 5.02 Å². The van der Waals surface area contributed by atoms with Crippen molar-refractivity contribution in [2.24, 2.45) is 0 Å². The van der Waals surface area contributed by atoms with E-state index < -0.39 is 15.9 Å². The number of hydrogen-bond acceptors (Lipinski definition) is 3. The monoisotopic (exact) mass is 354 g/mol. The van der Waals surface area contributed by atoms with Crippen molar-refractivity contribution in [2.75, 3.05) is 0 Å². The Balaban J connectivity index is 0.00000220. The van der Waals surface area contributed by atoms with Crippen LogP contribution in [-0.2, 0) is 10.1 Å². The van der Waals surface area contributed by atoms with Gasteiger partial charge in [-0.25, -0.2) is 0 Å². The minimum Gasteiger partial charge on any atom is -1.00 e. The zero-order chi connectivity index (χ0) is 14.9. The smallest absolute Gasteiger partial charge is 1.00 e. The Morgan fingerprint density at radius 2 is 1.76 bits per heavy atom. The summed E-state index contributed by atoms with van der Waals surface area (Å²) in [7, 11) is -4.37. The summed E-state index contributed by atoms with van der Waals surface area (Å²) in [5, 5.41) is 0.542. The van der Waals surface area contributed by atoms with Gasteiger partial charge in [-0.05, 0) is 30.3 Å². The molecule has 0 fully saturated rings. The predicted octanol–water partition coefficient (Wildman–Crippen LogP) is 0.588. The van der Waals surface area contributed by atoms with E-state index >= 15 is 0 Å². The largest absolute Gasteiger partial charge is 1.00 e. The Morgan fingerprint density at radius 3 is 2.38 bits per heavy atom. The van der Waals surface area contributed by atoms with E-state index in [4.69, 9.17) is 27.8 Å². The summed E-state index contributed by atoms with van der Waals surface area (Å²) >= 11 is 11.7. The van der Waals surface area contributed by atoms with Gasteiger partial charge in [0.05, 0.1) is 9.92 Å². The molecule has 0 radical (unpaired) electrons. The Morgan fingerprint density at radius 1 is 1.10 bits per heavy atom. The summed E-state index contributed by atoms with van der Waals surface area (Å²) in [6.07, 6.45) is 0. The van der Waals surface area contributed by atoms with E-state index in [1.165, 1.54) is 36.4 Å². The van der Waals surface area contributed by atoms with E-state index in [1.807, 2.05) is 0 Å². The Bertz CT molecular complexity index is 796. The molecule has 2 aromatic rings. The second-order valence-electron chi connectivity index (χ2n) is 3.96. The summed E-state index contributed by atoms with van der Waals surface area (Å²) in [4.78, 5) is 11.9. The van der Waals surface area contributed by atoms with Crippen molar-refractivity contribution in [1.82, 2.24) is 0 Å². The van der Waals surface area contributed by atoms with Crippen molar-refractivity contribution in [3.63, 3.8) is 0 Å². The average Bonchev–Trinajstić information content (AvgIpc) is 2.40. The summed E-state index contributed by atoms with van der Waals surface area (Å²) in [5.74, 6) is -0.483. The van der Waals surface area contributed by atoms with Crippen LogP contribution in [0.5, 0.6) is 0 Å². The molecule has 0 heterocycles. The van der Waals surface area contributed by atoms with Crippen molar-refractivity contribution in [3.05, 3.63) is 63.6 Å². The molecule has 0 unspecified atom stereocenters. The van der Waals surface area contributed by atoms with Gasteiger partial charge in [0.1, 0.15) is 0 Å². The fraction of sp³-hybridized carbons (Fsp3) is 0. The molecule has 0 saturated heterocycles. The number of benzene rings is 2. The van der Waals surface area contributed by atoms with Crippen molar-refractivity contribution in [3.8, 4) is 0 Å². The predicted molar refractivity (Wildman–Crippen MR) is 77.3 cm³/mol. The maximum Gasteiger partial charge on any atom is 1.00 e. The molecule has 0 saturated carbocycles. The van der Waals surface area contributed by atoms with Crippen LogP contribution in [0.4, 0.5) is 0 Å². The molecular formula is C13H9Cl2NaO4S. The number of hydrogen-bond donors (Lipinski definition) is 1. The van der Waals surface area contributed by atoms with Gasteiger partial charge in [0.25, 0.3) is 10.1 Å². The van der Waals surface area contributed by atoms with Crippen LogP contribution in [0.2, 0.25) is 10.0 Å². The number of halogens is 2. The fourth-order valence-corrected chi connectivity index (χ4v) is 2.53. The number of rotatable bonds is 3. The maximum atomic E-state index is 12.3. The topological polar surface area (TPSA) is 71.4 Å². The number of carbonyl (C=O) groups is 1. The first-order valence-corrected chi connectivity index (χ1v) is 7.56. The molecule has 0 aliphatic carbocycles. The molecular weight excluding hydrogens is 346 g/mol. The average molecular weight is 355 g/mol. The molecule has 1 N–H and O–H groups in total. The summed E-state index contributed by atoms with van der Waals surface area (Å²) in [5.41, 5.74) is 0.246. The molecule has 0 amide bonds. The molecule has 8 heteroatoms. The van der Waals surface area contributed by atoms with Gasteiger partial charge < -0.3 is 1.43 Å². The molecule has 0 aliphatic rings. The van der Waals surface area contributed by atoms with Crippen molar-refractivity contribution in [2.45, 2.75) is 4.90 Å². The normalized spacial score (nSPS) is 10.8. The fourth-order valence-electron chi connectivity index (χ4n) is 1.62. The second-order valence-corrected chi connectivity index (χ2v) is 6.22. The van der Waals surface area contributed by atoms with Crippen LogP contribution in [0.15, 0.2) is 47.4 Å². The molecule has 0 aliphatic heterocycles. The third kappa shape index (κ3) is 4.53. The minimum atomic E-state index is -4.37. The van der Waals surface area contributed by atoms with Crippen molar-refractivity contribution in [1.29, 1.82) is 0 Å². The van der Waals surface area contributed by atoms with Gasteiger partial charge in [-0.1, -0.05) is 35.3 Å². The van der Waals surface area contributed by atoms with Gasteiger partial charge in [-0.2, -0.15) is 8.42 Å². The molecule has 2 rings (SSSR count). The van der Waals surface area contributed by atoms with Crippen LogP contribution < -0.4 is 29.6 Å². The first-order valence-electron chi connectivity index (χ1n) is 5.36. The van der Waals surface area contributed by atoms with Gasteiger partial charge in [0, 0.05) is 16.1 Å². The zero-order valence-electron chi connectivity index (χ0n) is 11.9. The van der Waals surface area contributed by atoms with Gasteiger partial charge in [0.15, 0.2) is 5.78 Å². The van der Waals surface area contributed by atoms with Crippen LogP contribution >= 0.6 is 23.2 Å². The van der Waals surface area contributed by atoms with Crippen LogP contribution in [0.25, 0.3) is 0 Å². The molecule has 0 bridgehead atoms. The Labute approximate surface area is 155 Å². The standard InChI is InChI=1S/C13H8Cl2O4S.Na.H/c14-9-4-5-12(15)11(7-9)13(16)8-2-1-3-10(6-8)20(17,18)19;;/h1-7H,(H,17,18,19);;/q;+1;-1. The van der Waals surface area contributed by atoms with Crippen LogP contribution in [0.3, 0.4) is 0 Å². The van der Waals surface area contributed by atoms with E-state index in [2.05, 4.69) is 0 Å². The molecule has 106 valence electrons. The van der Waals surface area contributed by atoms with Crippen molar-refractivity contribution >= 4 is 39.1 Å². The first-order chi connectivity index (χ1) is 9.29.